The minimum absolute atomic E-state index is 0.00799. The molecule has 0 aliphatic rings. The maximum Gasteiger partial charge on any atom is 0.0598 e. The van der Waals surface area contributed by atoms with Crippen LogP contribution in [0.2, 0.25) is 0 Å². The summed E-state index contributed by atoms with van der Waals surface area (Å²) in [5.41, 5.74) is -0.00799. The molecule has 1 nitrogen and oxygen atoms in total. The highest BCUT2D eigenvalue weighted by molar-refractivity contribution is 4.61. The largest absolute Gasteiger partial charge is 0.376 e. The Bertz CT molecular complexity index is 69.1. The summed E-state index contributed by atoms with van der Waals surface area (Å²) >= 11 is 0. The molecule has 0 bridgehead atoms. The Morgan fingerprint density at radius 3 is 2.00 bits per heavy atom. The van der Waals surface area contributed by atoms with Crippen LogP contribution in [0.4, 0.5) is 0 Å². The van der Waals surface area contributed by atoms with Crippen molar-refractivity contribution < 1.29 is 4.74 Å². The zero-order valence-electron chi connectivity index (χ0n) is 6.90. The molecule has 0 aliphatic heterocycles. The van der Waals surface area contributed by atoms with E-state index in [0.717, 1.165) is 6.61 Å². The molecule has 1 unspecified atom stereocenters. The van der Waals surface area contributed by atoms with Crippen LogP contribution in [-0.4, -0.2) is 12.2 Å². The van der Waals surface area contributed by atoms with Gasteiger partial charge in [0.05, 0.1) is 5.60 Å². The number of rotatable bonds is 2. The molecular formula is C8H17O. The zero-order valence-corrected chi connectivity index (χ0v) is 6.90. The molecule has 1 radical (unpaired) electrons. The van der Waals surface area contributed by atoms with Gasteiger partial charge in [0.25, 0.3) is 0 Å². The third kappa shape index (κ3) is 7.96. The molecule has 1 heteroatoms. The summed E-state index contributed by atoms with van der Waals surface area (Å²) in [4.78, 5) is 0. The summed E-state index contributed by atoms with van der Waals surface area (Å²) in [6.07, 6.45) is 0. The monoisotopic (exact) mass is 129 g/mol. The molecular weight excluding hydrogens is 112 g/mol. The Labute approximate surface area is 58.4 Å². The normalized spacial score (nSPS) is 12.7. The molecule has 0 fully saturated rings. The lowest BCUT2D eigenvalue weighted by molar-refractivity contribution is -0.0133. The van der Waals surface area contributed by atoms with Crippen molar-refractivity contribution in [2.24, 2.45) is 5.92 Å². The van der Waals surface area contributed by atoms with Crippen molar-refractivity contribution in [3.63, 3.8) is 0 Å². The smallest absolute Gasteiger partial charge is 0.0598 e. The van der Waals surface area contributed by atoms with Crippen LogP contribution in [0, 0.1) is 12.8 Å². The van der Waals surface area contributed by atoms with Crippen LogP contribution in [0.5, 0.6) is 0 Å². The van der Waals surface area contributed by atoms with Crippen LogP contribution in [0.15, 0.2) is 0 Å². The first-order valence-electron chi connectivity index (χ1n) is 3.39. The topological polar surface area (TPSA) is 9.23 Å². The van der Waals surface area contributed by atoms with Gasteiger partial charge in [-0.15, -0.1) is 0 Å². The van der Waals surface area contributed by atoms with Crippen LogP contribution in [0.25, 0.3) is 0 Å². The molecule has 55 valence electrons. The second-order valence-corrected chi connectivity index (χ2v) is 3.53. The van der Waals surface area contributed by atoms with Crippen molar-refractivity contribution >= 4 is 0 Å². The maximum absolute atomic E-state index is 5.43. The third-order valence-corrected chi connectivity index (χ3v) is 0.801. The highest BCUT2D eigenvalue weighted by Crippen LogP contribution is 2.08. The van der Waals surface area contributed by atoms with Gasteiger partial charge in [0.2, 0.25) is 0 Å². The molecule has 0 heterocycles. The van der Waals surface area contributed by atoms with Gasteiger partial charge < -0.3 is 4.74 Å². The van der Waals surface area contributed by atoms with E-state index < -0.39 is 0 Å². The van der Waals surface area contributed by atoms with E-state index in [4.69, 9.17) is 4.74 Å². The SMILES string of the molecule is [CH2]C(C)COC(C)(C)C. The quantitative estimate of drug-likeness (QED) is 0.555. The Kier molecular flexibility index (Phi) is 3.20. The van der Waals surface area contributed by atoms with Gasteiger partial charge in [0, 0.05) is 6.61 Å². The molecule has 0 aromatic rings. The van der Waals surface area contributed by atoms with Crippen molar-refractivity contribution in [3.8, 4) is 0 Å². The number of hydrogen-bond acceptors (Lipinski definition) is 1. The van der Waals surface area contributed by atoms with Gasteiger partial charge in [-0.2, -0.15) is 0 Å². The van der Waals surface area contributed by atoms with E-state index in [-0.39, 0.29) is 5.60 Å². The molecule has 0 saturated carbocycles. The predicted molar refractivity (Wildman–Crippen MR) is 40.2 cm³/mol. The van der Waals surface area contributed by atoms with Crippen LogP contribution < -0.4 is 0 Å². The predicted octanol–water partition coefficient (Wildman–Crippen LogP) is 2.27. The van der Waals surface area contributed by atoms with E-state index in [1.54, 1.807) is 0 Å². The highest BCUT2D eigenvalue weighted by atomic mass is 16.5. The van der Waals surface area contributed by atoms with E-state index in [0.29, 0.717) is 5.92 Å². The molecule has 0 aromatic heterocycles. The van der Waals surface area contributed by atoms with Gasteiger partial charge in [-0.1, -0.05) is 6.92 Å². The average molecular weight is 129 g/mol. The first kappa shape index (κ1) is 8.96. The van der Waals surface area contributed by atoms with Crippen molar-refractivity contribution in [1.82, 2.24) is 0 Å². The molecule has 0 aromatic carbocycles. The molecule has 0 rings (SSSR count). The fraction of sp³-hybridized carbons (Fsp3) is 0.875. The fourth-order valence-electron chi connectivity index (χ4n) is 0.392. The van der Waals surface area contributed by atoms with Gasteiger partial charge in [0.15, 0.2) is 0 Å². The Morgan fingerprint density at radius 1 is 1.44 bits per heavy atom. The molecule has 9 heavy (non-hydrogen) atoms. The van der Waals surface area contributed by atoms with Crippen molar-refractivity contribution in [1.29, 1.82) is 0 Å². The van der Waals surface area contributed by atoms with Crippen LogP contribution >= 0.6 is 0 Å². The Morgan fingerprint density at radius 2 is 1.89 bits per heavy atom. The molecule has 0 N–H and O–H groups in total. The van der Waals surface area contributed by atoms with Gasteiger partial charge >= 0.3 is 0 Å². The molecule has 0 aliphatic carbocycles. The second kappa shape index (κ2) is 3.21. The summed E-state index contributed by atoms with van der Waals surface area (Å²) in [6.45, 7) is 12.8. The minimum Gasteiger partial charge on any atom is -0.376 e. The lowest BCUT2D eigenvalue weighted by Gasteiger charge is -2.20. The summed E-state index contributed by atoms with van der Waals surface area (Å²) in [6, 6.07) is 0. The number of hydrogen-bond donors (Lipinski definition) is 0. The summed E-state index contributed by atoms with van der Waals surface area (Å²) in [7, 11) is 0. The maximum atomic E-state index is 5.43. The van der Waals surface area contributed by atoms with Gasteiger partial charge in [-0.25, -0.2) is 0 Å². The van der Waals surface area contributed by atoms with E-state index in [2.05, 4.69) is 27.7 Å². The van der Waals surface area contributed by atoms with Crippen molar-refractivity contribution in [3.05, 3.63) is 6.92 Å². The van der Waals surface area contributed by atoms with Gasteiger partial charge in [-0.05, 0) is 33.6 Å². The molecule has 0 saturated heterocycles. The van der Waals surface area contributed by atoms with Crippen molar-refractivity contribution in [2.45, 2.75) is 33.3 Å². The minimum atomic E-state index is -0.00799. The summed E-state index contributed by atoms with van der Waals surface area (Å²) < 4.78 is 5.43. The molecule has 1 atom stereocenters. The van der Waals surface area contributed by atoms with E-state index >= 15 is 0 Å². The van der Waals surface area contributed by atoms with Gasteiger partial charge in [0.1, 0.15) is 0 Å². The average Bonchev–Trinajstić information content (AvgIpc) is 1.59. The first-order chi connectivity index (χ1) is 3.92. The lowest BCUT2D eigenvalue weighted by atomic mass is 10.2. The zero-order chi connectivity index (χ0) is 7.49. The Hall–Kier alpha value is -0.0400. The lowest BCUT2D eigenvalue weighted by Crippen LogP contribution is -2.21. The summed E-state index contributed by atoms with van der Waals surface area (Å²) in [5.74, 6) is 0.393. The van der Waals surface area contributed by atoms with Crippen LogP contribution in [0.1, 0.15) is 27.7 Å². The van der Waals surface area contributed by atoms with E-state index in [1.165, 1.54) is 0 Å². The van der Waals surface area contributed by atoms with E-state index in [1.807, 2.05) is 6.92 Å². The van der Waals surface area contributed by atoms with Crippen LogP contribution in [0.3, 0.4) is 0 Å². The fourth-order valence-corrected chi connectivity index (χ4v) is 0.392. The van der Waals surface area contributed by atoms with Crippen molar-refractivity contribution in [2.75, 3.05) is 6.61 Å². The second-order valence-electron chi connectivity index (χ2n) is 3.53. The standard InChI is InChI=1S/C8H17O/c1-7(2)6-9-8(3,4)5/h7H,1,6H2,2-5H3. The van der Waals surface area contributed by atoms with E-state index in [9.17, 15) is 0 Å². The summed E-state index contributed by atoms with van der Waals surface area (Å²) in [5, 5.41) is 0. The molecule has 0 amide bonds. The molecule has 0 spiro atoms. The Balaban J connectivity index is 3.28. The third-order valence-electron chi connectivity index (χ3n) is 0.801. The highest BCUT2D eigenvalue weighted by Gasteiger charge is 2.09. The van der Waals surface area contributed by atoms with Gasteiger partial charge in [-0.3, -0.25) is 0 Å². The first-order valence-corrected chi connectivity index (χ1v) is 3.39. The van der Waals surface area contributed by atoms with Crippen LogP contribution in [-0.2, 0) is 4.74 Å². The number of ether oxygens (including phenoxy) is 1.